The lowest BCUT2D eigenvalue weighted by molar-refractivity contribution is -0.149. The standard InChI is InChI=1S/C35H51N5O5/c1-22-16-23-6-4-12-39-32(36-2)40-14-10-24(18-37-13-15-41)35(20-40)26(23)17-27-30(31(42)43)33(44,19-34(22,27)35)21-45-29-9-3-8-28-25(29)7-5-11-38-28/h10,14,22-26,28-29,37-38,41,44H,3,5,7-9,11-13,15-21H2,1-2H3,(H,36,39)(H,42,43)/t22-,23-,24-,25+,26+,28-,29+,33+,34+,35+/m1/s1. The van der Waals surface area contributed by atoms with E-state index in [4.69, 9.17) is 4.74 Å². The fourth-order valence-electron chi connectivity index (χ4n) is 11.4. The quantitative estimate of drug-likeness (QED) is 0.177. The highest BCUT2D eigenvalue weighted by Crippen LogP contribution is 2.78. The maximum Gasteiger partial charge on any atom is 0.334 e. The molecule has 6 N–H and O–H groups in total. The third kappa shape index (κ3) is 4.71. The highest BCUT2D eigenvalue weighted by atomic mass is 16.5. The molecule has 4 aliphatic carbocycles. The van der Waals surface area contributed by atoms with Crippen LogP contribution in [0.3, 0.4) is 0 Å². The molecule has 3 saturated carbocycles. The first-order chi connectivity index (χ1) is 21.8. The molecule has 0 radical (unpaired) electrons. The number of aliphatic hydroxyl groups excluding tert-OH is 1. The van der Waals surface area contributed by atoms with Crippen LogP contribution in [-0.2, 0) is 9.53 Å². The van der Waals surface area contributed by atoms with Gasteiger partial charge in [0.15, 0.2) is 5.96 Å². The number of aliphatic carboxylic acids is 1. The highest BCUT2D eigenvalue weighted by molar-refractivity contribution is 5.92. The minimum Gasteiger partial charge on any atom is -0.478 e. The first-order valence-corrected chi connectivity index (χ1v) is 17.3. The van der Waals surface area contributed by atoms with Crippen molar-refractivity contribution >= 4 is 11.9 Å². The molecule has 0 aromatic heterocycles. The number of fused-ring (bicyclic) bond motifs is 2. The van der Waals surface area contributed by atoms with Crippen LogP contribution >= 0.6 is 0 Å². The number of aliphatic imine (C=N–C) groups is 1. The van der Waals surface area contributed by atoms with E-state index < -0.39 is 22.4 Å². The number of carboxylic acid groups (broad SMARTS) is 1. The van der Waals surface area contributed by atoms with Crippen LogP contribution in [-0.4, -0.2) is 103 Å². The van der Waals surface area contributed by atoms with Gasteiger partial charge < -0.3 is 40.9 Å². The molecule has 1 saturated heterocycles. The summed E-state index contributed by atoms with van der Waals surface area (Å²) in [6, 6.07) is 0.445. The number of ether oxygens (including phenoxy) is 1. The Labute approximate surface area is 267 Å². The van der Waals surface area contributed by atoms with Crippen LogP contribution in [0.1, 0.15) is 58.3 Å². The zero-order valence-corrected chi connectivity index (χ0v) is 26.9. The van der Waals surface area contributed by atoms with E-state index in [0.717, 1.165) is 56.6 Å². The van der Waals surface area contributed by atoms with Crippen LogP contribution in [0.2, 0.25) is 0 Å². The van der Waals surface area contributed by atoms with E-state index in [1.165, 1.54) is 0 Å². The summed E-state index contributed by atoms with van der Waals surface area (Å²) in [7, 11) is 1.79. The summed E-state index contributed by atoms with van der Waals surface area (Å²) in [5.74, 6) is 7.55. The maximum absolute atomic E-state index is 13.3. The zero-order valence-electron chi connectivity index (χ0n) is 26.9. The lowest BCUT2D eigenvalue weighted by Crippen LogP contribution is -2.64. The fourth-order valence-corrected chi connectivity index (χ4v) is 11.4. The molecule has 0 aromatic rings. The number of hydrogen-bond acceptors (Lipinski definition) is 7. The lowest BCUT2D eigenvalue weighted by atomic mass is 9.44. The summed E-state index contributed by atoms with van der Waals surface area (Å²) in [5.41, 5.74) is -1.42. The molecule has 7 rings (SSSR count). The van der Waals surface area contributed by atoms with Gasteiger partial charge in [0, 0.05) is 61.6 Å². The Morgan fingerprint density at radius 2 is 2.16 bits per heavy atom. The molecule has 5 bridgehead atoms. The van der Waals surface area contributed by atoms with Crippen LogP contribution in [0.15, 0.2) is 28.4 Å². The maximum atomic E-state index is 13.3. The summed E-state index contributed by atoms with van der Waals surface area (Å²) < 4.78 is 6.68. The van der Waals surface area contributed by atoms with Crippen LogP contribution in [0, 0.1) is 52.3 Å². The van der Waals surface area contributed by atoms with Gasteiger partial charge in [-0.05, 0) is 81.2 Å². The van der Waals surface area contributed by atoms with Crippen LogP contribution < -0.4 is 16.0 Å². The van der Waals surface area contributed by atoms with Gasteiger partial charge in [0.2, 0.25) is 0 Å². The van der Waals surface area contributed by atoms with E-state index in [9.17, 15) is 20.1 Å². The van der Waals surface area contributed by atoms with Crippen LogP contribution in [0.4, 0.5) is 0 Å². The number of carboxylic acids is 1. The van der Waals surface area contributed by atoms with Gasteiger partial charge in [-0.1, -0.05) is 24.8 Å². The molecular weight excluding hydrogens is 570 g/mol. The third-order valence-electron chi connectivity index (χ3n) is 12.9. The molecule has 7 aliphatic rings. The van der Waals surface area contributed by atoms with Gasteiger partial charge in [-0.3, -0.25) is 4.99 Å². The van der Waals surface area contributed by atoms with E-state index >= 15 is 0 Å². The van der Waals surface area contributed by atoms with Gasteiger partial charge in [0.25, 0.3) is 0 Å². The van der Waals surface area contributed by atoms with Crippen molar-refractivity contribution in [3.8, 4) is 11.8 Å². The number of hydrogen-bond donors (Lipinski definition) is 6. The topological polar surface area (TPSA) is 139 Å². The molecule has 3 heterocycles. The number of carbonyl (C=O) groups is 1. The van der Waals surface area contributed by atoms with Crippen molar-refractivity contribution in [2.75, 3.05) is 53.0 Å². The smallest absolute Gasteiger partial charge is 0.334 e. The predicted molar refractivity (Wildman–Crippen MR) is 171 cm³/mol. The average molecular weight is 622 g/mol. The van der Waals surface area contributed by atoms with Gasteiger partial charge in [-0.2, -0.15) is 0 Å². The largest absolute Gasteiger partial charge is 0.478 e. The van der Waals surface area contributed by atoms with E-state index in [-0.39, 0.29) is 48.6 Å². The van der Waals surface area contributed by atoms with Gasteiger partial charge in [0.05, 0.1) is 31.4 Å². The third-order valence-corrected chi connectivity index (χ3v) is 12.9. The number of nitrogens with one attached hydrogen (secondary N) is 3. The minimum atomic E-state index is -1.58. The fraction of sp³-hybridized carbons (Fsp3) is 0.771. The second-order valence-corrected chi connectivity index (χ2v) is 14.8. The molecule has 10 nitrogen and oxygen atoms in total. The second-order valence-electron chi connectivity index (χ2n) is 14.8. The summed E-state index contributed by atoms with van der Waals surface area (Å²) in [5, 5.41) is 43.8. The minimum absolute atomic E-state index is 0.0146. The van der Waals surface area contributed by atoms with Crippen LogP contribution in [0.5, 0.6) is 0 Å². The molecule has 0 amide bonds. The second kappa shape index (κ2) is 12.0. The molecule has 4 fully saturated rings. The molecule has 246 valence electrons. The first kappa shape index (κ1) is 31.2. The first-order valence-electron chi connectivity index (χ1n) is 17.3. The Morgan fingerprint density at radius 3 is 2.96 bits per heavy atom. The summed E-state index contributed by atoms with van der Waals surface area (Å²) in [4.78, 5) is 20.1. The zero-order chi connectivity index (χ0) is 31.4. The number of piperidine rings is 1. The normalized spacial score (nSPS) is 44.1. The molecular formula is C35H51N5O5. The van der Waals surface area contributed by atoms with E-state index in [1.807, 2.05) is 0 Å². The van der Waals surface area contributed by atoms with Crippen molar-refractivity contribution in [1.29, 1.82) is 0 Å². The van der Waals surface area contributed by atoms with Crippen molar-refractivity contribution in [3.63, 3.8) is 0 Å². The van der Waals surface area contributed by atoms with E-state index in [1.54, 1.807) is 7.05 Å². The van der Waals surface area contributed by atoms with Gasteiger partial charge >= 0.3 is 5.97 Å². The molecule has 0 aromatic carbocycles. The molecule has 45 heavy (non-hydrogen) atoms. The lowest BCUT2D eigenvalue weighted by Gasteiger charge is -2.62. The summed E-state index contributed by atoms with van der Waals surface area (Å²) >= 11 is 0. The molecule has 2 spiro atoms. The number of aliphatic hydroxyl groups is 2. The van der Waals surface area contributed by atoms with Crippen molar-refractivity contribution < 1.29 is 24.9 Å². The van der Waals surface area contributed by atoms with Crippen LogP contribution in [0.25, 0.3) is 0 Å². The summed E-state index contributed by atoms with van der Waals surface area (Å²) in [6.45, 7) is 5.69. The highest BCUT2D eigenvalue weighted by Gasteiger charge is 2.76. The number of rotatable bonds is 8. The molecule has 10 atom stereocenters. The van der Waals surface area contributed by atoms with Gasteiger partial charge in [-0.15, -0.1) is 0 Å². The average Bonchev–Trinajstić information content (AvgIpc) is 3.41. The molecule has 0 unspecified atom stereocenters. The number of allylic oxidation sites excluding steroid dienone is 1. The summed E-state index contributed by atoms with van der Waals surface area (Å²) in [6.07, 6.45) is 11.7. The predicted octanol–water partition coefficient (Wildman–Crippen LogP) is 1.71. The van der Waals surface area contributed by atoms with Crippen molar-refractivity contribution in [2.45, 2.75) is 76.0 Å². The monoisotopic (exact) mass is 621 g/mol. The Kier molecular flexibility index (Phi) is 8.31. The Morgan fingerprint density at radius 1 is 1.29 bits per heavy atom. The van der Waals surface area contributed by atoms with Crippen molar-refractivity contribution in [1.82, 2.24) is 20.9 Å². The van der Waals surface area contributed by atoms with E-state index in [2.05, 4.69) is 56.9 Å². The van der Waals surface area contributed by atoms with Crippen molar-refractivity contribution in [2.24, 2.45) is 45.4 Å². The molecule has 3 aliphatic heterocycles. The SMILES string of the molecule is CN=C1NCC#C[C@@H]2C[C@@H](C)[C@@]34C[C@](O)(CO[C@H]5CCC[C@H]6NCCC[C@H]56)C(C(=O)O)=C3C[C@@H]2[C@@]42CN1C=C[C@@H]2CNCCO. The Hall–Kier alpha value is -2.42. The number of nitrogens with zero attached hydrogens (tertiary/aromatic N) is 2. The Balaban J connectivity index is 1.32. The van der Waals surface area contributed by atoms with Crippen molar-refractivity contribution in [3.05, 3.63) is 23.4 Å². The van der Waals surface area contributed by atoms with Gasteiger partial charge in [0.1, 0.15) is 5.60 Å². The molecule has 10 heteroatoms. The van der Waals surface area contributed by atoms with Gasteiger partial charge in [-0.25, -0.2) is 4.79 Å². The van der Waals surface area contributed by atoms with E-state index in [0.29, 0.717) is 51.0 Å². The Bertz CT molecular complexity index is 1330. The number of guanidine groups is 1.